The first-order valence-electron chi connectivity index (χ1n) is 11.6. The van der Waals surface area contributed by atoms with Gasteiger partial charge in [0.2, 0.25) is 11.1 Å². The molecule has 0 radical (unpaired) electrons. The van der Waals surface area contributed by atoms with E-state index in [9.17, 15) is 9.59 Å². The highest BCUT2D eigenvalue weighted by molar-refractivity contribution is 7.99. The Kier molecular flexibility index (Phi) is 6.43. The van der Waals surface area contributed by atoms with Crippen molar-refractivity contribution < 1.29 is 0 Å². The first kappa shape index (κ1) is 23.3. The van der Waals surface area contributed by atoms with Crippen molar-refractivity contribution in [3.8, 4) is 5.69 Å². The zero-order chi connectivity index (χ0) is 24.5. The topological polar surface area (TPSA) is 112 Å². The molecule has 0 bridgehead atoms. The number of nitrogens with zero attached hydrogens (tertiary/aromatic N) is 10. The summed E-state index contributed by atoms with van der Waals surface area (Å²) in [5, 5.41) is 12.8. The third-order valence-corrected chi connectivity index (χ3v) is 7.32. The van der Waals surface area contributed by atoms with Gasteiger partial charge in [0.15, 0.2) is 11.2 Å². The van der Waals surface area contributed by atoms with Gasteiger partial charge < -0.3 is 14.4 Å². The lowest BCUT2D eigenvalue weighted by molar-refractivity contribution is 0.269. The van der Waals surface area contributed by atoms with Crippen molar-refractivity contribution in [3.63, 3.8) is 0 Å². The quantitative estimate of drug-likeness (QED) is 0.334. The molecule has 4 heterocycles. The van der Waals surface area contributed by atoms with Crippen LogP contribution in [-0.4, -0.2) is 82.3 Å². The zero-order valence-corrected chi connectivity index (χ0v) is 20.8. The third-order valence-electron chi connectivity index (χ3n) is 6.42. The number of aromatic nitrogens is 8. The average molecular weight is 497 g/mol. The summed E-state index contributed by atoms with van der Waals surface area (Å²) in [5.41, 5.74) is 1.00. The number of piperazine rings is 1. The molecule has 1 aliphatic heterocycles. The predicted octanol–water partition coefficient (Wildman–Crippen LogP) is 0.344. The second kappa shape index (κ2) is 9.66. The van der Waals surface area contributed by atoms with E-state index < -0.39 is 0 Å². The SMILES string of the molecule is CCN1CCN(c2nc3c(c(=O)n(C)c(=O)n3C)n2CCSc2nnnn2-c2ccccc2)CC1. The third kappa shape index (κ3) is 4.25. The van der Waals surface area contributed by atoms with Gasteiger partial charge in [-0.1, -0.05) is 36.9 Å². The largest absolute Gasteiger partial charge is 0.340 e. The Morgan fingerprint density at radius 3 is 2.46 bits per heavy atom. The van der Waals surface area contributed by atoms with Crippen molar-refractivity contribution in [2.75, 3.05) is 43.4 Å². The normalized spacial score (nSPS) is 14.8. The number of fused-ring (bicyclic) bond motifs is 1. The zero-order valence-electron chi connectivity index (χ0n) is 20.0. The van der Waals surface area contributed by atoms with Gasteiger partial charge in [0.25, 0.3) is 5.56 Å². The van der Waals surface area contributed by atoms with Crippen LogP contribution < -0.4 is 16.1 Å². The fraction of sp³-hybridized carbons (Fsp3) is 0.455. The Hall–Kier alpha value is -3.45. The molecule has 4 aromatic rings. The highest BCUT2D eigenvalue weighted by Crippen LogP contribution is 2.24. The summed E-state index contributed by atoms with van der Waals surface area (Å²) in [6, 6.07) is 9.71. The molecule has 0 spiro atoms. The van der Waals surface area contributed by atoms with Gasteiger partial charge in [0.05, 0.1) is 5.69 Å². The molecule has 0 saturated carbocycles. The number of aryl methyl sites for hydroxylation is 2. The molecule has 0 aliphatic carbocycles. The summed E-state index contributed by atoms with van der Waals surface area (Å²) < 4.78 is 6.23. The monoisotopic (exact) mass is 496 g/mol. The van der Waals surface area contributed by atoms with Crippen LogP contribution in [0.15, 0.2) is 45.1 Å². The molecule has 0 unspecified atom stereocenters. The van der Waals surface area contributed by atoms with Crippen LogP contribution in [0.4, 0.5) is 5.95 Å². The van der Waals surface area contributed by atoms with Crippen LogP contribution >= 0.6 is 11.8 Å². The van der Waals surface area contributed by atoms with Gasteiger partial charge in [0, 0.05) is 52.6 Å². The number of rotatable bonds is 7. The van der Waals surface area contributed by atoms with E-state index in [-0.39, 0.29) is 11.2 Å². The summed E-state index contributed by atoms with van der Waals surface area (Å²) >= 11 is 1.51. The van der Waals surface area contributed by atoms with E-state index in [4.69, 9.17) is 4.98 Å². The number of anilines is 1. The Labute approximate surface area is 205 Å². The number of hydrogen-bond acceptors (Lipinski definition) is 9. The summed E-state index contributed by atoms with van der Waals surface area (Å²) in [4.78, 5) is 35.1. The summed E-state index contributed by atoms with van der Waals surface area (Å²) in [5.74, 6) is 1.34. The first-order valence-corrected chi connectivity index (χ1v) is 12.6. The van der Waals surface area contributed by atoms with Crippen molar-refractivity contribution in [1.82, 2.24) is 43.8 Å². The minimum atomic E-state index is -0.383. The van der Waals surface area contributed by atoms with E-state index in [2.05, 4.69) is 32.2 Å². The van der Waals surface area contributed by atoms with E-state index in [1.54, 1.807) is 11.7 Å². The van der Waals surface area contributed by atoms with Crippen molar-refractivity contribution >= 4 is 28.9 Å². The number of hydrogen-bond donors (Lipinski definition) is 0. The van der Waals surface area contributed by atoms with Crippen molar-refractivity contribution in [2.24, 2.45) is 14.1 Å². The molecular formula is C22H28N10O2S. The van der Waals surface area contributed by atoms with E-state index in [1.165, 1.54) is 23.4 Å². The molecule has 0 amide bonds. The van der Waals surface area contributed by atoms with Gasteiger partial charge in [-0.3, -0.25) is 13.9 Å². The first-order chi connectivity index (χ1) is 17.0. The molecule has 1 fully saturated rings. The highest BCUT2D eigenvalue weighted by Gasteiger charge is 2.25. The summed E-state index contributed by atoms with van der Waals surface area (Å²) in [6.07, 6.45) is 0. The van der Waals surface area contributed by atoms with Crippen LogP contribution in [0.2, 0.25) is 0 Å². The molecule has 35 heavy (non-hydrogen) atoms. The number of likely N-dealkylation sites (N-methyl/N-ethyl adjacent to an activating group) is 1. The number of imidazole rings is 1. The van der Waals surface area contributed by atoms with E-state index in [1.807, 2.05) is 34.9 Å². The number of thioether (sulfide) groups is 1. The lowest BCUT2D eigenvalue weighted by Gasteiger charge is -2.34. The minimum absolute atomic E-state index is 0.340. The molecule has 184 valence electrons. The molecule has 0 N–H and O–H groups in total. The smallest absolute Gasteiger partial charge is 0.332 e. The molecule has 5 rings (SSSR count). The maximum absolute atomic E-state index is 13.2. The predicted molar refractivity (Wildman–Crippen MR) is 134 cm³/mol. The van der Waals surface area contributed by atoms with Crippen molar-refractivity contribution in [3.05, 3.63) is 51.2 Å². The van der Waals surface area contributed by atoms with Crippen LogP contribution in [0.1, 0.15) is 6.92 Å². The Bertz CT molecular complexity index is 1450. The van der Waals surface area contributed by atoms with Gasteiger partial charge in [-0.15, -0.1) is 5.10 Å². The average Bonchev–Trinajstić information content (AvgIpc) is 3.52. The maximum Gasteiger partial charge on any atom is 0.332 e. The lowest BCUT2D eigenvalue weighted by Crippen LogP contribution is -2.47. The molecule has 1 aromatic carbocycles. The molecule has 13 heteroatoms. The standard InChI is InChI=1S/C22H28N10O2S/c1-4-29-10-12-30(13-11-29)20-23-18-17(19(33)28(3)22(34)27(18)2)31(20)14-15-35-21-24-25-26-32(21)16-8-6-5-7-9-16/h5-9H,4,10-15H2,1-3H3. The fourth-order valence-electron chi connectivity index (χ4n) is 4.38. The van der Waals surface area contributed by atoms with Crippen molar-refractivity contribution in [1.29, 1.82) is 0 Å². The second-order valence-electron chi connectivity index (χ2n) is 8.42. The van der Waals surface area contributed by atoms with Gasteiger partial charge >= 0.3 is 5.69 Å². The number of tetrazole rings is 1. The Morgan fingerprint density at radius 1 is 1.00 bits per heavy atom. The minimum Gasteiger partial charge on any atom is -0.340 e. The van der Waals surface area contributed by atoms with Crippen LogP contribution in [0.25, 0.3) is 16.9 Å². The molecule has 1 aliphatic rings. The molecule has 0 atom stereocenters. The van der Waals surface area contributed by atoms with Crippen LogP contribution in [0.5, 0.6) is 0 Å². The van der Waals surface area contributed by atoms with E-state index in [0.717, 1.165) is 48.9 Å². The fourth-order valence-corrected chi connectivity index (χ4v) is 5.20. The number of para-hydroxylation sites is 1. The van der Waals surface area contributed by atoms with E-state index >= 15 is 0 Å². The van der Waals surface area contributed by atoms with Gasteiger partial charge in [-0.25, -0.2) is 4.79 Å². The van der Waals surface area contributed by atoms with Crippen LogP contribution in [-0.2, 0) is 20.6 Å². The van der Waals surface area contributed by atoms with E-state index in [0.29, 0.717) is 28.6 Å². The van der Waals surface area contributed by atoms with Crippen LogP contribution in [0.3, 0.4) is 0 Å². The van der Waals surface area contributed by atoms with Gasteiger partial charge in [0.1, 0.15) is 0 Å². The summed E-state index contributed by atoms with van der Waals surface area (Å²) in [7, 11) is 3.16. The van der Waals surface area contributed by atoms with Crippen molar-refractivity contribution in [2.45, 2.75) is 18.6 Å². The summed E-state index contributed by atoms with van der Waals surface area (Å²) in [6.45, 7) is 7.15. The Balaban J connectivity index is 1.48. The molecule has 12 nitrogen and oxygen atoms in total. The molecule has 3 aromatic heterocycles. The van der Waals surface area contributed by atoms with Crippen LogP contribution in [0, 0.1) is 0 Å². The molecule has 1 saturated heterocycles. The molecular weight excluding hydrogens is 468 g/mol. The second-order valence-corrected chi connectivity index (χ2v) is 9.48. The van der Waals surface area contributed by atoms with Gasteiger partial charge in [-0.2, -0.15) is 9.67 Å². The highest BCUT2D eigenvalue weighted by atomic mass is 32.2. The lowest BCUT2D eigenvalue weighted by atomic mass is 10.3. The maximum atomic E-state index is 13.2. The Morgan fingerprint density at radius 2 is 1.74 bits per heavy atom. The van der Waals surface area contributed by atoms with Gasteiger partial charge in [-0.05, 0) is 29.1 Å². The number of benzene rings is 1.